The topological polar surface area (TPSA) is 63.5 Å². The van der Waals surface area contributed by atoms with E-state index in [4.69, 9.17) is 14.2 Å². The van der Waals surface area contributed by atoms with E-state index in [2.05, 4.69) is 11.4 Å². The van der Waals surface area contributed by atoms with E-state index in [9.17, 15) is 9.65 Å². The fourth-order valence-corrected chi connectivity index (χ4v) is 4.83. The van der Waals surface area contributed by atoms with E-state index >= 15 is 0 Å². The van der Waals surface area contributed by atoms with Crippen molar-refractivity contribution < 1.29 is 18.6 Å². The van der Waals surface area contributed by atoms with Crippen LogP contribution in [-0.2, 0) is 23.4 Å². The first-order chi connectivity index (χ1) is 17.1. The van der Waals surface area contributed by atoms with Gasteiger partial charge >= 0.3 is 0 Å². The van der Waals surface area contributed by atoms with Gasteiger partial charge in [0, 0.05) is 0 Å². The number of hydrogen-bond donors (Lipinski definition) is 1. The molecule has 0 aliphatic carbocycles. The van der Waals surface area contributed by atoms with E-state index < -0.39 is 5.60 Å². The van der Waals surface area contributed by atoms with Crippen LogP contribution in [0.2, 0.25) is 0 Å². The van der Waals surface area contributed by atoms with Gasteiger partial charge in [0.1, 0.15) is 22.9 Å². The zero-order chi connectivity index (χ0) is 24.7. The molecule has 1 aliphatic rings. The molecule has 0 amide bonds. The molecule has 3 aromatic rings. The maximum Gasteiger partial charge on any atom is 0.123 e. The van der Waals surface area contributed by atoms with Crippen molar-refractivity contribution in [2.75, 3.05) is 27.3 Å². The van der Waals surface area contributed by atoms with Crippen molar-refractivity contribution in [3.63, 3.8) is 0 Å². The van der Waals surface area contributed by atoms with Crippen LogP contribution in [0.1, 0.15) is 47.1 Å². The molecule has 35 heavy (non-hydrogen) atoms. The molecule has 1 aliphatic heterocycles. The standard InChI is InChI=1S/C29H31FN2O3/c1-33-26-11-13-28(34-2)22(18-26)5-3-15-32-16-4-14-29(24-7-9-25(30)10-8-24)27-12-6-21(19-31)17-23(27)20-35-29/h6-13,17-18,32H,3-5,14-16,20H2,1-2H3. The highest BCUT2D eigenvalue weighted by Gasteiger charge is 2.41. The second-order valence-electron chi connectivity index (χ2n) is 8.74. The molecule has 3 aromatic carbocycles. The molecule has 182 valence electrons. The van der Waals surface area contributed by atoms with Crippen molar-refractivity contribution in [1.82, 2.24) is 5.32 Å². The number of nitrogens with zero attached hydrogens (tertiary/aromatic N) is 1. The summed E-state index contributed by atoms with van der Waals surface area (Å²) >= 11 is 0. The van der Waals surface area contributed by atoms with Crippen molar-refractivity contribution in [2.24, 2.45) is 0 Å². The summed E-state index contributed by atoms with van der Waals surface area (Å²) in [6, 6.07) is 20.3. The third-order valence-corrected chi connectivity index (χ3v) is 6.62. The molecule has 1 atom stereocenters. The Hall–Kier alpha value is -3.40. The number of ether oxygens (including phenoxy) is 3. The van der Waals surface area contributed by atoms with E-state index in [1.165, 1.54) is 12.1 Å². The maximum absolute atomic E-state index is 13.6. The largest absolute Gasteiger partial charge is 0.497 e. The Morgan fingerprint density at radius 3 is 2.54 bits per heavy atom. The van der Waals surface area contributed by atoms with Crippen LogP contribution in [-0.4, -0.2) is 27.3 Å². The molecule has 0 radical (unpaired) electrons. The smallest absolute Gasteiger partial charge is 0.123 e. The average molecular weight is 475 g/mol. The van der Waals surface area contributed by atoms with E-state index in [1.54, 1.807) is 26.4 Å². The van der Waals surface area contributed by atoms with Gasteiger partial charge in [0.05, 0.1) is 32.5 Å². The predicted octanol–water partition coefficient (Wildman–Crippen LogP) is 5.49. The highest BCUT2D eigenvalue weighted by Crippen LogP contribution is 2.45. The van der Waals surface area contributed by atoms with E-state index in [0.29, 0.717) is 12.2 Å². The minimum atomic E-state index is -0.632. The first-order valence-corrected chi connectivity index (χ1v) is 11.9. The van der Waals surface area contributed by atoms with E-state index in [0.717, 1.165) is 72.5 Å². The van der Waals surface area contributed by atoms with Crippen molar-refractivity contribution >= 4 is 0 Å². The molecule has 0 bridgehead atoms. The fourth-order valence-electron chi connectivity index (χ4n) is 4.83. The van der Waals surface area contributed by atoms with Crippen molar-refractivity contribution in [1.29, 1.82) is 5.26 Å². The maximum atomic E-state index is 13.6. The molecule has 0 saturated heterocycles. The van der Waals surface area contributed by atoms with Crippen LogP contribution in [0.3, 0.4) is 0 Å². The Labute approximate surface area is 206 Å². The van der Waals surface area contributed by atoms with Crippen molar-refractivity contribution in [3.05, 3.63) is 94.3 Å². The summed E-state index contributed by atoms with van der Waals surface area (Å²) in [5.41, 5.74) is 4.15. The van der Waals surface area contributed by atoms with Gasteiger partial charge in [0.25, 0.3) is 0 Å². The monoisotopic (exact) mass is 474 g/mol. The lowest BCUT2D eigenvalue weighted by Crippen LogP contribution is -2.29. The highest BCUT2D eigenvalue weighted by atomic mass is 19.1. The molecular formula is C29H31FN2O3. The summed E-state index contributed by atoms with van der Waals surface area (Å²) in [7, 11) is 3.35. The molecule has 0 fully saturated rings. The fraction of sp³-hybridized carbons (Fsp3) is 0.345. The Balaban J connectivity index is 1.36. The summed E-state index contributed by atoms with van der Waals surface area (Å²) in [5.74, 6) is 1.44. The Morgan fingerprint density at radius 1 is 1.00 bits per heavy atom. The van der Waals surface area contributed by atoms with Gasteiger partial charge in [-0.2, -0.15) is 5.26 Å². The van der Waals surface area contributed by atoms with Gasteiger partial charge in [0.2, 0.25) is 0 Å². The lowest BCUT2D eigenvalue weighted by molar-refractivity contribution is -0.0129. The average Bonchev–Trinajstić information content (AvgIpc) is 3.27. The van der Waals surface area contributed by atoms with Crippen LogP contribution in [0.4, 0.5) is 4.39 Å². The van der Waals surface area contributed by atoms with Gasteiger partial charge < -0.3 is 19.5 Å². The van der Waals surface area contributed by atoms with Gasteiger partial charge in [-0.15, -0.1) is 0 Å². The number of benzene rings is 3. The Morgan fingerprint density at radius 2 is 1.80 bits per heavy atom. The summed E-state index contributed by atoms with van der Waals surface area (Å²) in [5, 5.41) is 12.8. The lowest BCUT2D eigenvalue weighted by atomic mass is 9.81. The third kappa shape index (κ3) is 5.48. The summed E-state index contributed by atoms with van der Waals surface area (Å²) in [6.07, 6.45) is 3.51. The third-order valence-electron chi connectivity index (χ3n) is 6.62. The molecular weight excluding hydrogens is 443 g/mol. The van der Waals surface area contributed by atoms with Gasteiger partial charge in [-0.1, -0.05) is 18.2 Å². The van der Waals surface area contributed by atoms with Crippen LogP contribution < -0.4 is 14.8 Å². The minimum absolute atomic E-state index is 0.267. The molecule has 0 spiro atoms. The predicted molar refractivity (Wildman–Crippen MR) is 133 cm³/mol. The van der Waals surface area contributed by atoms with Gasteiger partial charge in [-0.3, -0.25) is 0 Å². The van der Waals surface area contributed by atoms with Crippen LogP contribution in [0.5, 0.6) is 11.5 Å². The second kappa shape index (κ2) is 11.4. The van der Waals surface area contributed by atoms with Crippen LogP contribution in [0, 0.1) is 17.1 Å². The number of rotatable bonds is 11. The SMILES string of the molecule is COc1ccc(OC)c(CCCNCCCC2(c3ccc(F)cc3)OCc3cc(C#N)ccc32)c1. The van der Waals surface area contributed by atoms with Crippen LogP contribution in [0.25, 0.3) is 0 Å². The molecule has 4 rings (SSSR count). The minimum Gasteiger partial charge on any atom is -0.497 e. The van der Waals surface area contributed by atoms with Crippen molar-refractivity contribution in [2.45, 2.75) is 37.9 Å². The Kier molecular flexibility index (Phi) is 8.02. The normalized spacial score (nSPS) is 16.5. The molecule has 1 heterocycles. The van der Waals surface area contributed by atoms with E-state index in [-0.39, 0.29) is 5.82 Å². The highest BCUT2D eigenvalue weighted by molar-refractivity contribution is 5.48. The number of nitrogens with one attached hydrogen (secondary N) is 1. The van der Waals surface area contributed by atoms with Crippen LogP contribution >= 0.6 is 0 Å². The number of methoxy groups -OCH3 is 2. The number of hydrogen-bond acceptors (Lipinski definition) is 5. The number of fused-ring (bicyclic) bond motifs is 1. The van der Waals surface area contributed by atoms with Crippen molar-refractivity contribution in [3.8, 4) is 17.6 Å². The van der Waals surface area contributed by atoms with E-state index in [1.807, 2.05) is 36.4 Å². The molecule has 1 N–H and O–H groups in total. The van der Waals surface area contributed by atoms with Gasteiger partial charge in [0.15, 0.2) is 0 Å². The van der Waals surface area contributed by atoms with Gasteiger partial charge in [-0.05, 0) is 103 Å². The molecule has 0 aromatic heterocycles. The molecule has 5 nitrogen and oxygen atoms in total. The first-order valence-electron chi connectivity index (χ1n) is 11.9. The summed E-state index contributed by atoms with van der Waals surface area (Å²) in [6.45, 7) is 2.16. The zero-order valence-electron chi connectivity index (χ0n) is 20.3. The second-order valence-corrected chi connectivity index (χ2v) is 8.74. The molecule has 1 unspecified atom stereocenters. The zero-order valence-corrected chi connectivity index (χ0v) is 20.3. The number of nitriles is 1. The number of aryl methyl sites for hydroxylation is 1. The van der Waals surface area contributed by atoms with Crippen LogP contribution in [0.15, 0.2) is 60.7 Å². The molecule has 0 saturated carbocycles. The quantitative estimate of drug-likeness (QED) is 0.372. The lowest BCUT2D eigenvalue weighted by Gasteiger charge is -2.30. The summed E-state index contributed by atoms with van der Waals surface area (Å²) < 4.78 is 30.8. The Bertz CT molecular complexity index is 1190. The molecule has 6 heteroatoms. The van der Waals surface area contributed by atoms with Gasteiger partial charge in [-0.25, -0.2) is 4.39 Å². The number of halogens is 1. The summed E-state index contributed by atoms with van der Waals surface area (Å²) in [4.78, 5) is 0. The first kappa shape index (κ1) is 24.7.